The van der Waals surface area contributed by atoms with E-state index in [9.17, 15) is 24.4 Å². The Labute approximate surface area is 204 Å². The Balaban J connectivity index is 2.07. The molecule has 10 nitrogen and oxygen atoms in total. The number of carbonyl (C=O) groups excluding carboxylic acids is 3. The first-order chi connectivity index (χ1) is 16.2. The summed E-state index contributed by atoms with van der Waals surface area (Å²) in [7, 11) is -1.76. The van der Waals surface area contributed by atoms with Crippen molar-refractivity contribution in [2.75, 3.05) is 12.3 Å². The molecule has 2 rings (SSSR count). The van der Waals surface area contributed by atoms with Gasteiger partial charge in [0.2, 0.25) is 17.7 Å². The highest BCUT2D eigenvalue weighted by atomic mass is 32.2. The van der Waals surface area contributed by atoms with Gasteiger partial charge in [0.15, 0.2) is 5.17 Å². The van der Waals surface area contributed by atoms with Crippen LogP contribution in [0.5, 0.6) is 0 Å². The second-order valence-electron chi connectivity index (χ2n) is 8.24. The van der Waals surface area contributed by atoms with Crippen LogP contribution in [0, 0.1) is 5.41 Å². The first kappa shape index (κ1) is 27.7. The highest BCUT2D eigenvalue weighted by Gasteiger charge is 2.39. The van der Waals surface area contributed by atoms with Gasteiger partial charge in [-0.1, -0.05) is 49.0 Å². The zero-order valence-electron chi connectivity index (χ0n) is 19.4. The topological polar surface area (TPSA) is 169 Å². The van der Waals surface area contributed by atoms with E-state index in [1.165, 1.54) is 4.90 Å². The summed E-state index contributed by atoms with van der Waals surface area (Å²) in [4.78, 5) is 40.0. The van der Waals surface area contributed by atoms with Gasteiger partial charge in [0.1, 0.15) is 12.1 Å². The fourth-order valence-electron chi connectivity index (χ4n) is 3.91. The molecule has 34 heavy (non-hydrogen) atoms. The summed E-state index contributed by atoms with van der Waals surface area (Å²) in [5, 5.41) is 32.0. The van der Waals surface area contributed by atoms with Crippen LogP contribution < -0.4 is 16.4 Å². The quantitative estimate of drug-likeness (QED) is 0.104. The fourth-order valence-corrected chi connectivity index (χ4v) is 4.44. The summed E-state index contributed by atoms with van der Waals surface area (Å²) < 4.78 is 0. The fraction of sp³-hybridized carbons (Fsp3) is 0.545. The van der Waals surface area contributed by atoms with Gasteiger partial charge in [0.25, 0.3) is 0 Å². The minimum atomic E-state index is -1.76. The van der Waals surface area contributed by atoms with Crippen molar-refractivity contribution in [3.05, 3.63) is 35.9 Å². The molecule has 0 saturated carbocycles. The van der Waals surface area contributed by atoms with Crippen LogP contribution in [-0.4, -0.2) is 75.3 Å². The second-order valence-corrected chi connectivity index (χ2v) is 9.37. The third kappa shape index (κ3) is 8.66. The number of carbonyl (C=O) groups is 3. The van der Waals surface area contributed by atoms with E-state index in [0.717, 1.165) is 17.3 Å². The summed E-state index contributed by atoms with van der Waals surface area (Å²) in [5.41, 5.74) is 6.20. The highest BCUT2D eigenvalue weighted by Crippen LogP contribution is 2.20. The molecule has 3 amide bonds. The molecule has 0 unspecified atom stereocenters. The Morgan fingerprint density at radius 2 is 1.97 bits per heavy atom. The van der Waals surface area contributed by atoms with Crippen molar-refractivity contribution in [1.82, 2.24) is 15.5 Å². The minimum absolute atomic E-state index is 0.0227. The van der Waals surface area contributed by atoms with Crippen LogP contribution in [0.2, 0.25) is 0 Å². The van der Waals surface area contributed by atoms with Gasteiger partial charge in [0, 0.05) is 25.1 Å². The van der Waals surface area contributed by atoms with Gasteiger partial charge in [-0.3, -0.25) is 19.8 Å². The summed E-state index contributed by atoms with van der Waals surface area (Å²) in [5.74, 6) is -1.43. The Hall–Kier alpha value is -2.57. The Kier molecular flexibility index (Phi) is 11.4. The van der Waals surface area contributed by atoms with E-state index in [0.29, 0.717) is 38.0 Å². The molecule has 0 aromatic heterocycles. The lowest BCUT2D eigenvalue weighted by Crippen LogP contribution is -2.56. The van der Waals surface area contributed by atoms with Crippen molar-refractivity contribution in [3.63, 3.8) is 0 Å². The molecule has 186 valence electrons. The zero-order valence-corrected chi connectivity index (χ0v) is 20.2. The number of amidine groups is 1. The summed E-state index contributed by atoms with van der Waals surface area (Å²) in [6.45, 7) is 2.09. The molecule has 0 aliphatic carbocycles. The number of nitrogens with zero attached hydrogens (tertiary/aromatic N) is 1. The average Bonchev–Trinajstić information content (AvgIpc) is 3.30. The SMILES string of the molecule is CCC(=O)N[C@H](Cc1ccccc1)C(=O)N1CCC[C@H]1C(=O)N[C@@H](CCCSC(=N)N)B(O)O. The number of thioether (sulfide) groups is 1. The molecule has 1 aliphatic heterocycles. The van der Waals surface area contributed by atoms with Gasteiger partial charge >= 0.3 is 7.12 Å². The van der Waals surface area contributed by atoms with Crippen LogP contribution >= 0.6 is 11.8 Å². The average molecular weight is 491 g/mol. The number of nitrogens with one attached hydrogen (secondary N) is 3. The zero-order chi connectivity index (χ0) is 25.1. The molecule has 1 saturated heterocycles. The molecule has 1 aromatic carbocycles. The van der Waals surface area contributed by atoms with Crippen LogP contribution in [0.4, 0.5) is 0 Å². The maximum atomic E-state index is 13.4. The molecular formula is C22H34BN5O5S. The molecule has 0 bridgehead atoms. The number of nitrogens with two attached hydrogens (primary N) is 1. The second kappa shape index (κ2) is 14.0. The predicted octanol–water partition coefficient (Wildman–Crippen LogP) is 0.0186. The molecule has 1 aromatic rings. The van der Waals surface area contributed by atoms with E-state index < -0.39 is 31.1 Å². The number of rotatable bonds is 12. The third-order valence-corrected chi connectivity index (χ3v) is 6.48. The van der Waals surface area contributed by atoms with Crippen LogP contribution in [0.15, 0.2) is 30.3 Å². The van der Waals surface area contributed by atoms with Gasteiger partial charge in [-0.15, -0.1) is 0 Å². The van der Waals surface area contributed by atoms with E-state index >= 15 is 0 Å². The Morgan fingerprint density at radius 1 is 1.26 bits per heavy atom. The molecule has 1 fully saturated rings. The summed E-state index contributed by atoms with van der Waals surface area (Å²) in [6, 6.07) is 7.80. The highest BCUT2D eigenvalue weighted by molar-refractivity contribution is 8.13. The van der Waals surface area contributed by atoms with Crippen LogP contribution in [0.25, 0.3) is 0 Å². The largest absolute Gasteiger partial charge is 0.475 e. The Morgan fingerprint density at radius 3 is 2.59 bits per heavy atom. The molecule has 1 heterocycles. The van der Waals surface area contributed by atoms with Crippen molar-refractivity contribution in [3.8, 4) is 0 Å². The minimum Gasteiger partial charge on any atom is -0.426 e. The summed E-state index contributed by atoms with van der Waals surface area (Å²) >= 11 is 1.14. The van der Waals surface area contributed by atoms with E-state index in [1.54, 1.807) is 6.92 Å². The normalized spacial score (nSPS) is 17.0. The van der Waals surface area contributed by atoms with E-state index in [1.807, 2.05) is 30.3 Å². The van der Waals surface area contributed by atoms with Crippen molar-refractivity contribution in [2.24, 2.45) is 5.73 Å². The maximum Gasteiger partial charge on any atom is 0.475 e. The number of amides is 3. The van der Waals surface area contributed by atoms with Gasteiger partial charge < -0.3 is 31.3 Å². The number of hydrogen-bond donors (Lipinski definition) is 6. The van der Waals surface area contributed by atoms with Gasteiger partial charge in [-0.05, 0) is 31.2 Å². The van der Waals surface area contributed by atoms with E-state index in [4.69, 9.17) is 11.1 Å². The maximum absolute atomic E-state index is 13.4. The number of hydrogen-bond acceptors (Lipinski definition) is 7. The Bertz CT molecular complexity index is 844. The van der Waals surface area contributed by atoms with Crippen LogP contribution in [-0.2, 0) is 20.8 Å². The van der Waals surface area contributed by atoms with Crippen molar-refractivity contribution in [2.45, 2.75) is 63.5 Å². The van der Waals surface area contributed by atoms with E-state index in [2.05, 4.69) is 10.6 Å². The third-order valence-electron chi connectivity index (χ3n) is 5.68. The standard InChI is InChI=1S/C22H34BN5O5S/c1-2-19(29)26-16(14-15-8-4-3-5-9-15)21(31)28-12-6-10-17(28)20(30)27-18(23(32)33)11-7-13-34-22(24)25/h3-5,8-9,16-18,32-33H,2,6-7,10-14H2,1H3,(H3,24,25)(H,26,29)(H,27,30)/t16-,17+,18+/m1/s1. The molecule has 7 N–H and O–H groups in total. The lowest BCUT2D eigenvalue weighted by Gasteiger charge is -2.30. The predicted molar refractivity (Wildman–Crippen MR) is 133 cm³/mol. The van der Waals surface area contributed by atoms with Crippen LogP contribution in [0.3, 0.4) is 0 Å². The van der Waals surface area contributed by atoms with Crippen molar-refractivity contribution >= 4 is 41.8 Å². The number of likely N-dealkylation sites (tertiary alicyclic amines) is 1. The van der Waals surface area contributed by atoms with Gasteiger partial charge in [-0.2, -0.15) is 0 Å². The molecule has 0 radical (unpaired) electrons. The number of benzene rings is 1. The molecule has 3 atom stereocenters. The van der Waals surface area contributed by atoms with Crippen molar-refractivity contribution < 1.29 is 24.4 Å². The monoisotopic (exact) mass is 491 g/mol. The molecule has 12 heteroatoms. The van der Waals surface area contributed by atoms with Gasteiger partial charge in [0.05, 0.1) is 5.94 Å². The van der Waals surface area contributed by atoms with E-state index in [-0.39, 0.29) is 29.8 Å². The smallest absolute Gasteiger partial charge is 0.426 e. The summed E-state index contributed by atoms with van der Waals surface area (Å²) in [6.07, 6.45) is 2.43. The van der Waals surface area contributed by atoms with Crippen molar-refractivity contribution in [1.29, 1.82) is 5.41 Å². The molecule has 1 aliphatic rings. The molecular weight excluding hydrogens is 457 g/mol. The first-order valence-electron chi connectivity index (χ1n) is 11.5. The first-order valence-corrected chi connectivity index (χ1v) is 12.5. The lowest BCUT2D eigenvalue weighted by molar-refractivity contribution is -0.141. The molecule has 0 spiro atoms. The van der Waals surface area contributed by atoms with Gasteiger partial charge in [-0.25, -0.2) is 0 Å². The van der Waals surface area contributed by atoms with Crippen LogP contribution in [0.1, 0.15) is 44.6 Å². The lowest BCUT2D eigenvalue weighted by atomic mass is 9.76.